The first kappa shape index (κ1) is 8.78. The molecule has 2 heteroatoms. The minimum atomic E-state index is 0.803. The molecule has 0 radical (unpaired) electrons. The first-order chi connectivity index (χ1) is 5.75. The predicted molar refractivity (Wildman–Crippen MR) is 51.5 cm³/mol. The van der Waals surface area contributed by atoms with Crippen LogP contribution in [-0.4, -0.2) is 11.1 Å². The standard InChI is InChI=1S/C10H14N2/c1-4-11-10-7-5-6-8-12(10)9(2)3/h5-8H,2,4H2,1,3H3. The molecule has 0 aromatic carbocycles. The van der Waals surface area contributed by atoms with E-state index in [0.29, 0.717) is 0 Å². The Morgan fingerprint density at radius 2 is 2.33 bits per heavy atom. The van der Waals surface area contributed by atoms with Crippen molar-refractivity contribution in [2.45, 2.75) is 13.8 Å². The Morgan fingerprint density at radius 3 is 2.92 bits per heavy atom. The van der Waals surface area contributed by atoms with Gasteiger partial charge >= 0.3 is 0 Å². The van der Waals surface area contributed by atoms with Gasteiger partial charge in [-0.2, -0.15) is 0 Å². The normalized spacial score (nSPS) is 11.7. The van der Waals surface area contributed by atoms with Crippen molar-refractivity contribution in [3.63, 3.8) is 0 Å². The van der Waals surface area contributed by atoms with Gasteiger partial charge < -0.3 is 4.57 Å². The van der Waals surface area contributed by atoms with E-state index in [1.807, 2.05) is 42.8 Å². The third-order valence-corrected chi connectivity index (χ3v) is 1.57. The Morgan fingerprint density at radius 1 is 1.58 bits per heavy atom. The average Bonchev–Trinajstić information content (AvgIpc) is 2.05. The molecular formula is C10H14N2. The quantitative estimate of drug-likeness (QED) is 0.632. The van der Waals surface area contributed by atoms with Crippen molar-refractivity contribution >= 4 is 5.70 Å². The van der Waals surface area contributed by atoms with Crippen LogP contribution in [0.1, 0.15) is 13.8 Å². The van der Waals surface area contributed by atoms with E-state index in [4.69, 9.17) is 0 Å². The van der Waals surface area contributed by atoms with Gasteiger partial charge in [0.2, 0.25) is 0 Å². The summed E-state index contributed by atoms with van der Waals surface area (Å²) in [4.78, 5) is 4.33. The van der Waals surface area contributed by atoms with Gasteiger partial charge in [-0.1, -0.05) is 12.6 Å². The molecule has 1 rings (SSSR count). The van der Waals surface area contributed by atoms with Gasteiger partial charge in [0.15, 0.2) is 0 Å². The lowest BCUT2D eigenvalue weighted by Crippen LogP contribution is -2.17. The van der Waals surface area contributed by atoms with Gasteiger partial charge in [0, 0.05) is 18.4 Å². The monoisotopic (exact) mass is 162 g/mol. The second kappa shape index (κ2) is 3.90. The lowest BCUT2D eigenvalue weighted by atomic mass is 10.4. The van der Waals surface area contributed by atoms with Gasteiger partial charge in [0.1, 0.15) is 5.49 Å². The number of allylic oxidation sites excluding steroid dienone is 1. The lowest BCUT2D eigenvalue weighted by molar-refractivity contribution is 0.915. The highest BCUT2D eigenvalue weighted by Gasteiger charge is 1.89. The lowest BCUT2D eigenvalue weighted by Gasteiger charge is -2.04. The molecule has 1 aromatic heterocycles. The smallest absolute Gasteiger partial charge is 0.131 e. The van der Waals surface area contributed by atoms with E-state index >= 15 is 0 Å². The van der Waals surface area contributed by atoms with Crippen LogP contribution in [-0.2, 0) is 0 Å². The Hall–Kier alpha value is -1.31. The number of aromatic nitrogens is 1. The van der Waals surface area contributed by atoms with Crippen molar-refractivity contribution in [2.75, 3.05) is 6.54 Å². The fraction of sp³-hybridized carbons (Fsp3) is 0.300. The molecule has 0 aliphatic rings. The molecule has 1 aromatic rings. The van der Waals surface area contributed by atoms with Crippen molar-refractivity contribution in [1.82, 2.24) is 4.57 Å². The van der Waals surface area contributed by atoms with E-state index in [1.54, 1.807) is 0 Å². The highest BCUT2D eigenvalue weighted by molar-refractivity contribution is 5.37. The summed E-state index contributed by atoms with van der Waals surface area (Å²) in [5, 5.41) is 0. The summed E-state index contributed by atoms with van der Waals surface area (Å²) in [7, 11) is 0. The average molecular weight is 162 g/mol. The van der Waals surface area contributed by atoms with Gasteiger partial charge in [0.05, 0.1) is 0 Å². The number of pyridine rings is 1. The number of hydrogen-bond acceptors (Lipinski definition) is 1. The Kier molecular flexibility index (Phi) is 2.86. The molecule has 0 aliphatic heterocycles. The van der Waals surface area contributed by atoms with E-state index in [-0.39, 0.29) is 0 Å². The zero-order valence-corrected chi connectivity index (χ0v) is 7.62. The van der Waals surface area contributed by atoms with Gasteiger partial charge in [-0.15, -0.1) is 0 Å². The number of nitrogens with zero attached hydrogens (tertiary/aromatic N) is 2. The van der Waals surface area contributed by atoms with E-state index in [0.717, 1.165) is 17.7 Å². The molecule has 0 saturated carbocycles. The summed E-state index contributed by atoms with van der Waals surface area (Å²) in [6, 6.07) is 5.94. The van der Waals surface area contributed by atoms with E-state index in [9.17, 15) is 0 Å². The van der Waals surface area contributed by atoms with Crippen LogP contribution in [0.3, 0.4) is 0 Å². The zero-order valence-electron chi connectivity index (χ0n) is 7.62. The highest BCUT2D eigenvalue weighted by Crippen LogP contribution is 1.93. The minimum Gasteiger partial charge on any atom is -0.307 e. The third kappa shape index (κ3) is 1.84. The molecular weight excluding hydrogens is 148 g/mol. The molecule has 0 bridgehead atoms. The molecule has 0 unspecified atom stereocenters. The molecule has 1 heterocycles. The summed E-state index contributed by atoms with van der Waals surface area (Å²) in [6.07, 6.45) is 1.97. The minimum absolute atomic E-state index is 0.803. The summed E-state index contributed by atoms with van der Waals surface area (Å²) in [5.74, 6) is 0. The summed E-state index contributed by atoms with van der Waals surface area (Å²) in [5.41, 5.74) is 1.95. The van der Waals surface area contributed by atoms with Gasteiger partial charge in [0.25, 0.3) is 0 Å². The molecule has 0 amide bonds. The fourth-order valence-corrected chi connectivity index (χ4v) is 1.05. The molecule has 64 valence electrons. The largest absolute Gasteiger partial charge is 0.307 e. The molecule has 0 fully saturated rings. The van der Waals surface area contributed by atoms with E-state index in [2.05, 4.69) is 11.6 Å². The van der Waals surface area contributed by atoms with Crippen LogP contribution in [0, 0.1) is 0 Å². The maximum atomic E-state index is 4.33. The van der Waals surface area contributed by atoms with Crippen LogP contribution in [0.4, 0.5) is 0 Å². The first-order valence-electron chi connectivity index (χ1n) is 4.09. The number of hydrogen-bond donors (Lipinski definition) is 0. The fourth-order valence-electron chi connectivity index (χ4n) is 1.05. The molecule has 12 heavy (non-hydrogen) atoms. The van der Waals surface area contributed by atoms with Crippen LogP contribution < -0.4 is 5.49 Å². The summed E-state index contributed by atoms with van der Waals surface area (Å²) in [6.45, 7) is 8.66. The third-order valence-electron chi connectivity index (χ3n) is 1.57. The second-order valence-corrected chi connectivity index (χ2v) is 2.64. The van der Waals surface area contributed by atoms with Crippen molar-refractivity contribution in [3.8, 4) is 0 Å². The number of rotatable bonds is 2. The zero-order chi connectivity index (χ0) is 8.97. The topological polar surface area (TPSA) is 17.3 Å². The van der Waals surface area contributed by atoms with E-state index in [1.165, 1.54) is 0 Å². The van der Waals surface area contributed by atoms with E-state index < -0.39 is 0 Å². The van der Waals surface area contributed by atoms with Crippen LogP contribution in [0.25, 0.3) is 5.70 Å². The second-order valence-electron chi connectivity index (χ2n) is 2.64. The van der Waals surface area contributed by atoms with Crippen molar-refractivity contribution in [2.24, 2.45) is 4.99 Å². The molecule has 0 atom stereocenters. The predicted octanol–water partition coefficient (Wildman–Crippen LogP) is 1.90. The van der Waals surface area contributed by atoms with Crippen molar-refractivity contribution < 1.29 is 0 Å². The van der Waals surface area contributed by atoms with Crippen LogP contribution in [0.2, 0.25) is 0 Å². The molecule has 0 aliphatic carbocycles. The molecule has 2 nitrogen and oxygen atoms in total. The SMILES string of the molecule is C=C(C)n1ccccc1=NCC. The molecule has 0 N–H and O–H groups in total. The Labute approximate surface area is 72.9 Å². The van der Waals surface area contributed by atoms with Gasteiger partial charge in [-0.3, -0.25) is 4.99 Å². The van der Waals surface area contributed by atoms with Crippen LogP contribution in [0.5, 0.6) is 0 Å². The molecule has 0 spiro atoms. The van der Waals surface area contributed by atoms with Gasteiger partial charge in [-0.25, -0.2) is 0 Å². The summed E-state index contributed by atoms with van der Waals surface area (Å²) >= 11 is 0. The molecule has 0 saturated heterocycles. The Balaban J connectivity index is 3.27. The Bertz CT molecular complexity index is 334. The van der Waals surface area contributed by atoms with Crippen molar-refractivity contribution in [1.29, 1.82) is 0 Å². The first-order valence-corrected chi connectivity index (χ1v) is 4.09. The maximum Gasteiger partial charge on any atom is 0.131 e. The van der Waals surface area contributed by atoms with Crippen LogP contribution >= 0.6 is 0 Å². The summed E-state index contributed by atoms with van der Waals surface area (Å²) < 4.78 is 1.98. The maximum absolute atomic E-state index is 4.33. The van der Waals surface area contributed by atoms with Crippen molar-refractivity contribution in [3.05, 3.63) is 36.5 Å². The van der Waals surface area contributed by atoms with Gasteiger partial charge in [-0.05, 0) is 26.0 Å². The highest BCUT2D eigenvalue weighted by atomic mass is 15.0. The van der Waals surface area contributed by atoms with Crippen LogP contribution in [0.15, 0.2) is 36.0 Å².